The number of rotatable bonds is 58. The van der Waals surface area contributed by atoms with Crippen LogP contribution >= 0.6 is 0 Å². The SMILES string of the molecule is CC/C=C\C/C=C\C/C=C\C/C=C\C/C=C\C/C=C\C/C=C\C/C=C\CCCCC(=O)OCC(COC(=O)CCCCCCC/C=C\CCCCCCCC)OC(=O)CCCCCC/C=C\C/C=C\C/C=C\C/C=C\C/C=C\C/C=C\CC. The van der Waals surface area contributed by atoms with Crippen LogP contribution < -0.4 is 0 Å². The van der Waals surface area contributed by atoms with E-state index < -0.39 is 6.10 Å². The number of unbranched alkanes of at least 4 members (excludes halogenated alkanes) is 17. The number of hydrogen-bond donors (Lipinski definition) is 0. The molecule has 1 unspecified atom stereocenters. The molecular formula is C77H120O6. The van der Waals surface area contributed by atoms with Gasteiger partial charge in [-0.15, -0.1) is 0 Å². The first kappa shape index (κ1) is 77.5. The molecule has 464 valence electrons. The largest absolute Gasteiger partial charge is 0.462 e. The Morgan fingerprint density at radius 2 is 0.470 bits per heavy atom. The van der Waals surface area contributed by atoms with Crippen LogP contribution in [-0.2, 0) is 28.6 Å². The Labute approximate surface area is 510 Å². The van der Waals surface area contributed by atoms with Crippen LogP contribution in [0.1, 0.15) is 265 Å². The molecule has 0 rings (SSSR count). The molecule has 1 atom stereocenters. The molecule has 0 spiro atoms. The molecule has 83 heavy (non-hydrogen) atoms. The first-order valence-electron chi connectivity index (χ1n) is 33.3. The molecule has 0 aromatic heterocycles. The molecule has 6 heteroatoms. The third-order valence-electron chi connectivity index (χ3n) is 13.4. The van der Waals surface area contributed by atoms with Gasteiger partial charge < -0.3 is 14.2 Å². The first-order chi connectivity index (χ1) is 41.0. The molecule has 0 aliphatic carbocycles. The first-order valence-corrected chi connectivity index (χ1v) is 33.3. The predicted molar refractivity (Wildman–Crippen MR) is 361 cm³/mol. The highest BCUT2D eigenvalue weighted by Gasteiger charge is 2.19. The summed E-state index contributed by atoms with van der Waals surface area (Å²) in [4.78, 5) is 38.4. The topological polar surface area (TPSA) is 78.9 Å². The zero-order valence-corrected chi connectivity index (χ0v) is 53.1. The fourth-order valence-electron chi connectivity index (χ4n) is 8.46. The van der Waals surface area contributed by atoms with Crippen LogP contribution in [-0.4, -0.2) is 37.2 Å². The normalized spacial score (nSPS) is 13.3. The summed E-state index contributed by atoms with van der Waals surface area (Å²) in [6, 6.07) is 0. The molecule has 0 aromatic rings. The van der Waals surface area contributed by atoms with E-state index in [1.807, 2.05) is 0 Å². The van der Waals surface area contributed by atoms with Crippen molar-refractivity contribution in [1.82, 2.24) is 0 Å². The number of carbonyl (C=O) groups excluding carboxylic acids is 3. The van der Waals surface area contributed by atoms with E-state index in [2.05, 4.69) is 203 Å². The number of carbonyl (C=O) groups is 3. The quantitative estimate of drug-likeness (QED) is 0.0261. The van der Waals surface area contributed by atoms with Gasteiger partial charge in [-0.05, 0) is 161 Å². The molecule has 0 fully saturated rings. The highest BCUT2D eigenvalue weighted by atomic mass is 16.6. The zero-order valence-electron chi connectivity index (χ0n) is 53.1. The van der Waals surface area contributed by atoms with Crippen molar-refractivity contribution in [3.63, 3.8) is 0 Å². The second-order valence-corrected chi connectivity index (χ2v) is 21.3. The van der Waals surface area contributed by atoms with E-state index in [4.69, 9.17) is 14.2 Å². The Balaban J connectivity index is 4.55. The summed E-state index contributed by atoms with van der Waals surface area (Å²) in [5.41, 5.74) is 0. The molecule has 0 saturated heterocycles. The van der Waals surface area contributed by atoms with Gasteiger partial charge in [0.2, 0.25) is 0 Å². The fraction of sp³-hybridized carbons (Fsp3) is 0.571. The van der Waals surface area contributed by atoms with E-state index >= 15 is 0 Å². The van der Waals surface area contributed by atoms with Gasteiger partial charge in [-0.25, -0.2) is 0 Å². The van der Waals surface area contributed by atoms with Gasteiger partial charge in [0.05, 0.1) is 0 Å². The van der Waals surface area contributed by atoms with Crippen molar-refractivity contribution in [1.29, 1.82) is 0 Å². The van der Waals surface area contributed by atoms with Crippen molar-refractivity contribution in [3.05, 3.63) is 182 Å². The summed E-state index contributed by atoms with van der Waals surface area (Å²) in [6.45, 7) is 6.34. The molecule has 0 aliphatic rings. The summed E-state index contributed by atoms with van der Waals surface area (Å²) < 4.78 is 16.9. The van der Waals surface area contributed by atoms with Crippen LogP contribution in [0.2, 0.25) is 0 Å². The number of esters is 3. The highest BCUT2D eigenvalue weighted by molar-refractivity contribution is 5.71. The average Bonchev–Trinajstić information content (AvgIpc) is 3.49. The fourth-order valence-corrected chi connectivity index (χ4v) is 8.46. The average molecular weight is 1140 g/mol. The lowest BCUT2D eigenvalue weighted by Crippen LogP contribution is -2.30. The van der Waals surface area contributed by atoms with Crippen molar-refractivity contribution in [3.8, 4) is 0 Å². The van der Waals surface area contributed by atoms with E-state index in [0.717, 1.165) is 167 Å². The Hall–Kier alpha value is -5.49. The molecule has 0 aliphatic heterocycles. The van der Waals surface area contributed by atoms with Crippen molar-refractivity contribution in [2.45, 2.75) is 271 Å². The molecular weight excluding hydrogens is 1020 g/mol. The van der Waals surface area contributed by atoms with Gasteiger partial charge in [0.25, 0.3) is 0 Å². The monoisotopic (exact) mass is 1140 g/mol. The molecule has 0 amide bonds. The van der Waals surface area contributed by atoms with Crippen molar-refractivity contribution < 1.29 is 28.6 Å². The summed E-state index contributed by atoms with van der Waals surface area (Å²) in [5.74, 6) is -0.999. The van der Waals surface area contributed by atoms with Crippen molar-refractivity contribution in [2.24, 2.45) is 0 Å². The lowest BCUT2D eigenvalue weighted by atomic mass is 10.1. The highest BCUT2D eigenvalue weighted by Crippen LogP contribution is 2.13. The molecule has 0 heterocycles. The van der Waals surface area contributed by atoms with Crippen LogP contribution in [0.4, 0.5) is 0 Å². The maximum Gasteiger partial charge on any atom is 0.306 e. The smallest absolute Gasteiger partial charge is 0.306 e. The van der Waals surface area contributed by atoms with Gasteiger partial charge >= 0.3 is 17.9 Å². The lowest BCUT2D eigenvalue weighted by molar-refractivity contribution is -0.167. The van der Waals surface area contributed by atoms with Crippen LogP contribution in [0.25, 0.3) is 0 Å². The van der Waals surface area contributed by atoms with Gasteiger partial charge in [-0.3, -0.25) is 14.4 Å². The Morgan fingerprint density at radius 1 is 0.253 bits per heavy atom. The van der Waals surface area contributed by atoms with Crippen molar-refractivity contribution >= 4 is 17.9 Å². The number of allylic oxidation sites excluding steroid dienone is 30. The van der Waals surface area contributed by atoms with Crippen molar-refractivity contribution in [2.75, 3.05) is 13.2 Å². The van der Waals surface area contributed by atoms with Crippen LogP contribution in [0.3, 0.4) is 0 Å². The molecule has 0 N–H and O–H groups in total. The molecule has 0 saturated carbocycles. The Morgan fingerprint density at radius 3 is 0.771 bits per heavy atom. The minimum absolute atomic E-state index is 0.116. The lowest BCUT2D eigenvalue weighted by Gasteiger charge is -2.18. The maximum absolute atomic E-state index is 12.9. The molecule has 6 nitrogen and oxygen atoms in total. The van der Waals surface area contributed by atoms with E-state index in [-0.39, 0.29) is 44.0 Å². The summed E-state index contributed by atoms with van der Waals surface area (Å²) in [7, 11) is 0. The van der Waals surface area contributed by atoms with Gasteiger partial charge in [-0.1, -0.05) is 267 Å². The van der Waals surface area contributed by atoms with E-state index in [0.29, 0.717) is 12.8 Å². The molecule has 0 aromatic carbocycles. The second-order valence-electron chi connectivity index (χ2n) is 21.3. The third kappa shape index (κ3) is 67.2. The van der Waals surface area contributed by atoms with Crippen LogP contribution in [0.5, 0.6) is 0 Å². The minimum Gasteiger partial charge on any atom is -0.462 e. The second kappa shape index (κ2) is 69.0. The summed E-state index contributed by atoms with van der Waals surface area (Å²) in [6.07, 6.45) is 103. The van der Waals surface area contributed by atoms with Gasteiger partial charge in [0, 0.05) is 19.3 Å². The maximum atomic E-state index is 12.9. The van der Waals surface area contributed by atoms with E-state index in [1.54, 1.807) is 0 Å². The van der Waals surface area contributed by atoms with E-state index in [1.165, 1.54) is 51.4 Å². The van der Waals surface area contributed by atoms with Gasteiger partial charge in [0.15, 0.2) is 6.10 Å². The molecule has 0 radical (unpaired) electrons. The summed E-state index contributed by atoms with van der Waals surface area (Å²) >= 11 is 0. The predicted octanol–water partition coefficient (Wildman–Crippen LogP) is 23.2. The van der Waals surface area contributed by atoms with E-state index in [9.17, 15) is 14.4 Å². The summed E-state index contributed by atoms with van der Waals surface area (Å²) in [5, 5.41) is 0. The zero-order chi connectivity index (χ0) is 59.9. The van der Waals surface area contributed by atoms with Gasteiger partial charge in [-0.2, -0.15) is 0 Å². The Kier molecular flexibility index (Phi) is 64.4. The number of ether oxygens (including phenoxy) is 3. The molecule has 0 bridgehead atoms. The van der Waals surface area contributed by atoms with Crippen LogP contribution in [0.15, 0.2) is 182 Å². The van der Waals surface area contributed by atoms with Gasteiger partial charge in [0.1, 0.15) is 13.2 Å². The standard InChI is InChI=1S/C77H120O6/c1-4-7-10-13-16-19-22-25-28-30-32-34-36-37-38-39-41-42-44-46-49-52-55-58-61-64-67-70-76(79)82-73-74(72-81-75(78)69-66-63-60-57-54-51-48-27-24-21-18-15-12-9-6-3)83-77(80)71-68-65-62-59-56-53-50-47-45-43-40-35-33-31-29-26-23-20-17-14-11-8-5-2/h7-8,10-11,16-17,19-20,25-29,32-35,37-38,41-43,45-46,48-50,53,55,58,74H,4-6,9,12-15,18,21-24,30-31,36,39-40,44,47,51-52,54,56-57,59-73H2,1-3H3/b10-7-,11-8-,19-16-,20-17-,28-25-,29-26-,34-32-,35-33-,38-37-,42-41-,45-43-,48-27-,49-46-,53-50-,58-55-. The number of hydrogen-bond acceptors (Lipinski definition) is 6. The minimum atomic E-state index is -0.826. The van der Waals surface area contributed by atoms with Crippen LogP contribution in [0, 0.1) is 0 Å². The third-order valence-corrected chi connectivity index (χ3v) is 13.4. The Bertz CT molecular complexity index is 1940.